The number of piperidine rings is 1. The van der Waals surface area contributed by atoms with Gasteiger partial charge in [-0.3, -0.25) is 4.90 Å². The maximum atomic E-state index is 6.12. The van der Waals surface area contributed by atoms with Crippen LogP contribution in [0.4, 0.5) is 0 Å². The van der Waals surface area contributed by atoms with Gasteiger partial charge in [0, 0.05) is 0 Å². The SMILES string of the molecule is c1ccc(C(c2ccccc2)(C2OCCO2)N2CCCCC2)cc1. The van der Waals surface area contributed by atoms with Gasteiger partial charge in [-0.1, -0.05) is 67.1 Å². The van der Waals surface area contributed by atoms with Gasteiger partial charge in [-0.15, -0.1) is 0 Å². The van der Waals surface area contributed by atoms with Crippen molar-refractivity contribution in [3.05, 3.63) is 71.8 Å². The van der Waals surface area contributed by atoms with Crippen molar-refractivity contribution in [3.63, 3.8) is 0 Å². The summed E-state index contributed by atoms with van der Waals surface area (Å²) in [4.78, 5) is 2.58. The number of likely N-dealkylation sites (tertiary alicyclic amines) is 1. The summed E-state index contributed by atoms with van der Waals surface area (Å²) in [5, 5.41) is 0. The van der Waals surface area contributed by atoms with Crippen molar-refractivity contribution in [2.24, 2.45) is 0 Å². The summed E-state index contributed by atoms with van der Waals surface area (Å²) >= 11 is 0. The summed E-state index contributed by atoms with van der Waals surface area (Å²) in [5.74, 6) is 0. The van der Waals surface area contributed by atoms with Crippen LogP contribution in [0.3, 0.4) is 0 Å². The Labute approximate surface area is 144 Å². The number of hydrogen-bond donors (Lipinski definition) is 0. The molecule has 2 fully saturated rings. The summed E-state index contributed by atoms with van der Waals surface area (Å²) in [6.45, 7) is 3.49. The lowest BCUT2D eigenvalue weighted by molar-refractivity contribution is -0.142. The molecule has 126 valence electrons. The Morgan fingerprint density at radius 2 is 1.21 bits per heavy atom. The van der Waals surface area contributed by atoms with Crippen LogP contribution in [0.15, 0.2) is 60.7 Å². The van der Waals surface area contributed by atoms with Gasteiger partial charge in [0.15, 0.2) is 6.29 Å². The molecule has 0 amide bonds. The molecule has 4 rings (SSSR count). The van der Waals surface area contributed by atoms with Gasteiger partial charge < -0.3 is 9.47 Å². The molecule has 0 N–H and O–H groups in total. The zero-order valence-corrected chi connectivity index (χ0v) is 14.1. The highest BCUT2D eigenvalue weighted by atomic mass is 16.7. The Morgan fingerprint density at radius 1 is 0.708 bits per heavy atom. The highest BCUT2D eigenvalue weighted by molar-refractivity contribution is 5.40. The smallest absolute Gasteiger partial charge is 0.184 e. The normalized spacial score (nSPS) is 20.3. The van der Waals surface area contributed by atoms with Gasteiger partial charge >= 0.3 is 0 Å². The molecule has 2 saturated heterocycles. The molecule has 2 aliphatic rings. The first kappa shape index (κ1) is 15.8. The standard InChI is InChI=1S/C21H25NO2/c1-4-10-18(11-5-1)21(20-23-16-17-24-20,19-12-6-2-7-13-19)22-14-8-3-9-15-22/h1-2,4-7,10-13,20H,3,8-9,14-17H2. The minimum Gasteiger partial charge on any atom is -0.348 e. The first-order valence-corrected chi connectivity index (χ1v) is 9.01. The topological polar surface area (TPSA) is 21.7 Å². The van der Waals surface area contributed by atoms with E-state index in [1.807, 2.05) is 0 Å². The Hall–Kier alpha value is -1.68. The fourth-order valence-electron chi connectivity index (χ4n) is 4.18. The number of rotatable bonds is 4. The lowest BCUT2D eigenvalue weighted by Crippen LogP contribution is -2.57. The highest BCUT2D eigenvalue weighted by Gasteiger charge is 2.50. The summed E-state index contributed by atoms with van der Waals surface area (Å²) in [7, 11) is 0. The first-order valence-electron chi connectivity index (χ1n) is 9.01. The molecule has 2 aromatic carbocycles. The molecule has 0 saturated carbocycles. The fraction of sp³-hybridized carbons (Fsp3) is 0.429. The Bertz CT molecular complexity index is 592. The molecule has 2 heterocycles. The van der Waals surface area contributed by atoms with Crippen molar-refractivity contribution < 1.29 is 9.47 Å². The van der Waals surface area contributed by atoms with Crippen LogP contribution < -0.4 is 0 Å². The lowest BCUT2D eigenvalue weighted by Gasteiger charge is -2.48. The van der Waals surface area contributed by atoms with Crippen molar-refractivity contribution in [1.29, 1.82) is 0 Å². The lowest BCUT2D eigenvalue weighted by atomic mass is 9.79. The maximum Gasteiger partial charge on any atom is 0.184 e. The van der Waals surface area contributed by atoms with E-state index in [0.717, 1.165) is 13.1 Å². The molecule has 0 bridgehead atoms. The molecule has 0 aromatic heterocycles. The van der Waals surface area contributed by atoms with Gasteiger partial charge in [-0.25, -0.2) is 0 Å². The number of nitrogens with zero attached hydrogens (tertiary/aromatic N) is 1. The van der Waals surface area contributed by atoms with Crippen LogP contribution in [0.1, 0.15) is 30.4 Å². The van der Waals surface area contributed by atoms with E-state index in [-0.39, 0.29) is 11.8 Å². The molecule has 24 heavy (non-hydrogen) atoms. The van der Waals surface area contributed by atoms with Gasteiger partial charge in [-0.2, -0.15) is 0 Å². The Kier molecular flexibility index (Phi) is 4.65. The van der Waals surface area contributed by atoms with Gasteiger partial charge in [0.1, 0.15) is 5.54 Å². The Balaban J connectivity index is 1.91. The third-order valence-corrected chi connectivity index (χ3v) is 5.25. The quantitative estimate of drug-likeness (QED) is 0.854. The summed E-state index contributed by atoms with van der Waals surface area (Å²) < 4.78 is 12.2. The zero-order valence-electron chi connectivity index (χ0n) is 14.1. The van der Waals surface area contributed by atoms with Crippen molar-refractivity contribution in [2.45, 2.75) is 31.1 Å². The second-order valence-corrected chi connectivity index (χ2v) is 6.62. The van der Waals surface area contributed by atoms with Gasteiger partial charge in [0.2, 0.25) is 0 Å². The van der Waals surface area contributed by atoms with E-state index in [2.05, 4.69) is 65.6 Å². The van der Waals surface area contributed by atoms with E-state index < -0.39 is 0 Å². The number of ether oxygens (including phenoxy) is 2. The monoisotopic (exact) mass is 323 g/mol. The molecular formula is C21H25NO2. The fourth-order valence-corrected chi connectivity index (χ4v) is 4.18. The summed E-state index contributed by atoms with van der Waals surface area (Å²) in [6, 6.07) is 21.5. The van der Waals surface area contributed by atoms with Crippen LogP contribution in [0.2, 0.25) is 0 Å². The predicted octanol–water partition coefficient (Wildman–Crippen LogP) is 3.79. The van der Waals surface area contributed by atoms with Crippen molar-refractivity contribution >= 4 is 0 Å². The van der Waals surface area contributed by atoms with Gasteiger partial charge in [0.25, 0.3) is 0 Å². The average Bonchev–Trinajstić information content (AvgIpc) is 3.20. The molecule has 0 atom stereocenters. The number of hydrogen-bond acceptors (Lipinski definition) is 3. The average molecular weight is 323 g/mol. The van der Waals surface area contributed by atoms with Crippen LogP contribution in [0.5, 0.6) is 0 Å². The number of benzene rings is 2. The third kappa shape index (κ3) is 2.67. The minimum atomic E-state index is -0.376. The van der Waals surface area contributed by atoms with Gasteiger partial charge in [-0.05, 0) is 37.1 Å². The van der Waals surface area contributed by atoms with Crippen LogP contribution in [0.25, 0.3) is 0 Å². The zero-order chi connectivity index (χ0) is 16.2. The van der Waals surface area contributed by atoms with Crippen LogP contribution in [0, 0.1) is 0 Å². The molecule has 3 nitrogen and oxygen atoms in total. The molecule has 0 spiro atoms. The maximum absolute atomic E-state index is 6.12. The van der Waals surface area contributed by atoms with Crippen LogP contribution in [-0.2, 0) is 15.0 Å². The second-order valence-electron chi connectivity index (χ2n) is 6.62. The third-order valence-electron chi connectivity index (χ3n) is 5.25. The first-order chi connectivity index (χ1) is 11.9. The minimum absolute atomic E-state index is 0.264. The molecule has 0 unspecified atom stereocenters. The van der Waals surface area contributed by atoms with Crippen molar-refractivity contribution in [2.75, 3.05) is 26.3 Å². The molecular weight excluding hydrogens is 298 g/mol. The van der Waals surface area contributed by atoms with E-state index in [4.69, 9.17) is 9.47 Å². The van der Waals surface area contributed by atoms with E-state index in [1.54, 1.807) is 0 Å². The highest BCUT2D eigenvalue weighted by Crippen LogP contribution is 2.43. The van der Waals surface area contributed by atoms with Crippen LogP contribution in [-0.4, -0.2) is 37.5 Å². The molecule has 3 heteroatoms. The molecule has 2 aromatic rings. The van der Waals surface area contributed by atoms with E-state index in [1.165, 1.54) is 30.4 Å². The van der Waals surface area contributed by atoms with Crippen molar-refractivity contribution in [1.82, 2.24) is 4.90 Å². The predicted molar refractivity (Wildman–Crippen MR) is 94.8 cm³/mol. The second kappa shape index (κ2) is 7.06. The van der Waals surface area contributed by atoms with E-state index in [9.17, 15) is 0 Å². The van der Waals surface area contributed by atoms with Gasteiger partial charge in [0.05, 0.1) is 13.2 Å². The largest absolute Gasteiger partial charge is 0.348 e. The molecule has 0 aliphatic carbocycles. The van der Waals surface area contributed by atoms with E-state index in [0.29, 0.717) is 13.2 Å². The molecule has 0 radical (unpaired) electrons. The summed E-state index contributed by atoms with van der Waals surface area (Å²) in [6.07, 6.45) is 3.51. The Morgan fingerprint density at radius 3 is 1.71 bits per heavy atom. The van der Waals surface area contributed by atoms with Crippen molar-refractivity contribution in [3.8, 4) is 0 Å². The molecule has 2 aliphatic heterocycles. The van der Waals surface area contributed by atoms with E-state index >= 15 is 0 Å². The summed E-state index contributed by atoms with van der Waals surface area (Å²) in [5.41, 5.74) is 2.13. The van der Waals surface area contributed by atoms with Crippen LogP contribution >= 0.6 is 0 Å².